The molecule has 3 atom stereocenters. The molecule has 3 unspecified atom stereocenters. The molecule has 2 aliphatic heterocycles. The third-order valence-electron chi connectivity index (χ3n) is 4.02. The van der Waals surface area contributed by atoms with E-state index in [1.54, 1.807) is 4.90 Å². The van der Waals surface area contributed by atoms with Crippen LogP contribution in [0.4, 0.5) is 0 Å². The number of aliphatic hydroxyl groups is 1. The van der Waals surface area contributed by atoms with Crippen LogP contribution in [0.15, 0.2) is 0 Å². The minimum absolute atomic E-state index is 0.0717. The Hall–Kier alpha value is -1.63. The number of rotatable bonds is 6. The lowest BCUT2D eigenvalue weighted by Gasteiger charge is -2.35. The van der Waals surface area contributed by atoms with Crippen molar-refractivity contribution in [2.75, 3.05) is 19.6 Å². The summed E-state index contributed by atoms with van der Waals surface area (Å²) >= 11 is 0. The first-order valence-electron chi connectivity index (χ1n) is 7.07. The van der Waals surface area contributed by atoms with Crippen LogP contribution < -0.4 is 10.6 Å². The van der Waals surface area contributed by atoms with Crippen molar-refractivity contribution in [2.45, 2.75) is 37.8 Å². The molecule has 0 aromatic carbocycles. The van der Waals surface area contributed by atoms with Gasteiger partial charge in [0.2, 0.25) is 12.3 Å². The van der Waals surface area contributed by atoms with Crippen LogP contribution in [-0.2, 0) is 14.4 Å². The molecular formula is C13H21N3O4. The fraction of sp³-hybridized carbons (Fsp3) is 0.769. The molecule has 20 heavy (non-hydrogen) atoms. The Balaban J connectivity index is 1.95. The topological polar surface area (TPSA) is 98.7 Å². The highest BCUT2D eigenvalue weighted by molar-refractivity contribution is 5.83. The Labute approximate surface area is 117 Å². The summed E-state index contributed by atoms with van der Waals surface area (Å²) in [4.78, 5) is 35.9. The second-order valence-corrected chi connectivity index (χ2v) is 5.38. The van der Waals surface area contributed by atoms with Gasteiger partial charge in [0, 0.05) is 25.6 Å². The average Bonchev–Trinajstić information content (AvgIpc) is 2.37. The van der Waals surface area contributed by atoms with Gasteiger partial charge >= 0.3 is 0 Å². The highest BCUT2D eigenvalue weighted by atomic mass is 16.3. The van der Waals surface area contributed by atoms with Gasteiger partial charge in [-0.05, 0) is 25.7 Å². The molecule has 2 aliphatic rings. The van der Waals surface area contributed by atoms with Gasteiger partial charge in [0.15, 0.2) is 6.10 Å². The van der Waals surface area contributed by atoms with Crippen LogP contribution in [0.2, 0.25) is 0 Å². The Morgan fingerprint density at radius 2 is 2.25 bits per heavy atom. The number of piperidine rings is 1. The molecule has 7 heteroatoms. The molecule has 7 nitrogen and oxygen atoms in total. The molecule has 2 saturated heterocycles. The summed E-state index contributed by atoms with van der Waals surface area (Å²) in [6.07, 6.45) is 2.00. The zero-order valence-corrected chi connectivity index (χ0v) is 11.4. The Morgan fingerprint density at radius 1 is 1.50 bits per heavy atom. The minimum Gasteiger partial charge on any atom is -0.381 e. The van der Waals surface area contributed by atoms with Gasteiger partial charge in [0.25, 0.3) is 5.91 Å². The molecule has 3 N–H and O–H groups in total. The lowest BCUT2D eigenvalue weighted by atomic mass is 9.89. The van der Waals surface area contributed by atoms with Crippen LogP contribution in [0.3, 0.4) is 0 Å². The van der Waals surface area contributed by atoms with Crippen LogP contribution in [0.5, 0.6) is 0 Å². The number of aliphatic hydroxyl groups excluding tert-OH is 1. The van der Waals surface area contributed by atoms with Crippen molar-refractivity contribution in [3.63, 3.8) is 0 Å². The fourth-order valence-electron chi connectivity index (χ4n) is 2.64. The molecule has 0 saturated carbocycles. The van der Waals surface area contributed by atoms with Crippen LogP contribution in [0.25, 0.3) is 0 Å². The van der Waals surface area contributed by atoms with Gasteiger partial charge in [-0.1, -0.05) is 0 Å². The number of amides is 3. The van der Waals surface area contributed by atoms with Crippen molar-refractivity contribution in [3.8, 4) is 0 Å². The smallest absolute Gasteiger partial charge is 0.253 e. The monoisotopic (exact) mass is 283 g/mol. The molecule has 0 aromatic rings. The summed E-state index contributed by atoms with van der Waals surface area (Å²) in [6.45, 7) is 1.96. The lowest BCUT2D eigenvalue weighted by molar-refractivity contribution is -0.146. The minimum atomic E-state index is -1.28. The third kappa shape index (κ3) is 3.27. The van der Waals surface area contributed by atoms with Gasteiger partial charge in [-0.2, -0.15) is 0 Å². The van der Waals surface area contributed by atoms with Gasteiger partial charge < -0.3 is 20.6 Å². The van der Waals surface area contributed by atoms with Crippen molar-refractivity contribution in [1.29, 1.82) is 0 Å². The van der Waals surface area contributed by atoms with E-state index in [2.05, 4.69) is 10.6 Å². The largest absolute Gasteiger partial charge is 0.381 e. The van der Waals surface area contributed by atoms with Gasteiger partial charge in [0.05, 0.1) is 6.04 Å². The lowest BCUT2D eigenvalue weighted by Crippen LogP contribution is -2.55. The van der Waals surface area contributed by atoms with E-state index in [0.29, 0.717) is 32.5 Å². The molecule has 0 bridgehead atoms. The first kappa shape index (κ1) is 14.8. The van der Waals surface area contributed by atoms with E-state index in [9.17, 15) is 19.5 Å². The number of nitrogens with zero attached hydrogens (tertiary/aromatic N) is 1. The zero-order chi connectivity index (χ0) is 14.5. The van der Waals surface area contributed by atoms with E-state index in [1.165, 1.54) is 0 Å². The van der Waals surface area contributed by atoms with Crippen LogP contribution >= 0.6 is 0 Å². The number of likely N-dealkylation sites (tertiary alicyclic amines) is 1. The summed E-state index contributed by atoms with van der Waals surface area (Å²) in [5, 5.41) is 15.4. The molecule has 2 rings (SSSR count). The third-order valence-corrected chi connectivity index (χ3v) is 4.02. The van der Waals surface area contributed by atoms with Crippen molar-refractivity contribution >= 4 is 18.2 Å². The highest BCUT2D eigenvalue weighted by Gasteiger charge is 2.35. The first-order chi connectivity index (χ1) is 9.63. The van der Waals surface area contributed by atoms with Crippen molar-refractivity contribution < 1.29 is 19.5 Å². The van der Waals surface area contributed by atoms with E-state index in [4.69, 9.17) is 0 Å². The molecular weight excluding hydrogens is 262 g/mol. The second kappa shape index (κ2) is 6.69. The first-order valence-corrected chi connectivity index (χ1v) is 7.07. The maximum atomic E-state index is 12.0. The molecule has 0 aromatic heterocycles. The second-order valence-electron chi connectivity index (χ2n) is 5.38. The van der Waals surface area contributed by atoms with Crippen molar-refractivity contribution in [2.24, 2.45) is 5.92 Å². The van der Waals surface area contributed by atoms with E-state index in [-0.39, 0.29) is 24.2 Å². The number of nitrogens with one attached hydrogen (secondary N) is 2. The zero-order valence-electron chi connectivity index (χ0n) is 11.4. The standard InChI is InChI=1S/C13H21N3O4/c17-8-15-10(7-9-3-1-4-14-12(9)19)11(18)13(20)16-5-2-6-16/h8-11,18H,1-7H2,(H,14,19)(H,15,17). The number of carbonyl (C=O) groups excluding carboxylic acids is 3. The van der Waals surface area contributed by atoms with Gasteiger partial charge in [-0.25, -0.2) is 0 Å². The molecule has 0 radical (unpaired) electrons. The van der Waals surface area contributed by atoms with Crippen LogP contribution in [0.1, 0.15) is 25.7 Å². The predicted molar refractivity (Wildman–Crippen MR) is 70.5 cm³/mol. The normalized spacial score (nSPS) is 25.1. The fourth-order valence-corrected chi connectivity index (χ4v) is 2.64. The SMILES string of the molecule is O=CNC(CC1CCCNC1=O)C(O)C(=O)N1CCC1. The Bertz CT molecular complexity index is 384. The van der Waals surface area contributed by atoms with Crippen LogP contribution in [0, 0.1) is 5.92 Å². The number of hydrogen-bond donors (Lipinski definition) is 3. The maximum Gasteiger partial charge on any atom is 0.253 e. The van der Waals surface area contributed by atoms with Gasteiger partial charge in [0.1, 0.15) is 0 Å². The van der Waals surface area contributed by atoms with E-state index >= 15 is 0 Å². The van der Waals surface area contributed by atoms with Crippen molar-refractivity contribution in [3.05, 3.63) is 0 Å². The quantitative estimate of drug-likeness (QED) is 0.523. The summed E-state index contributed by atoms with van der Waals surface area (Å²) in [6, 6.07) is -0.713. The number of hydrogen-bond acceptors (Lipinski definition) is 4. The maximum absolute atomic E-state index is 12.0. The highest BCUT2D eigenvalue weighted by Crippen LogP contribution is 2.20. The van der Waals surface area contributed by atoms with Crippen LogP contribution in [-0.4, -0.2) is 60.0 Å². The molecule has 2 fully saturated rings. The van der Waals surface area contributed by atoms with Gasteiger partial charge in [-0.3, -0.25) is 14.4 Å². The molecule has 3 amide bonds. The average molecular weight is 283 g/mol. The van der Waals surface area contributed by atoms with Gasteiger partial charge in [-0.15, -0.1) is 0 Å². The molecule has 2 heterocycles. The number of carbonyl (C=O) groups is 3. The molecule has 112 valence electrons. The van der Waals surface area contributed by atoms with Crippen molar-refractivity contribution in [1.82, 2.24) is 15.5 Å². The summed E-state index contributed by atoms with van der Waals surface area (Å²) in [5.74, 6) is -0.704. The summed E-state index contributed by atoms with van der Waals surface area (Å²) in [7, 11) is 0. The summed E-state index contributed by atoms with van der Waals surface area (Å²) in [5.41, 5.74) is 0. The molecule has 0 aliphatic carbocycles. The summed E-state index contributed by atoms with van der Waals surface area (Å²) < 4.78 is 0. The Kier molecular flexibility index (Phi) is 4.94. The predicted octanol–water partition coefficient (Wildman–Crippen LogP) is -1.39. The van der Waals surface area contributed by atoms with E-state index in [0.717, 1.165) is 12.8 Å². The van der Waals surface area contributed by atoms with E-state index in [1.807, 2.05) is 0 Å². The molecule has 0 spiro atoms. The van der Waals surface area contributed by atoms with E-state index < -0.39 is 12.1 Å². The Morgan fingerprint density at radius 3 is 2.80 bits per heavy atom.